The van der Waals surface area contributed by atoms with E-state index in [0.29, 0.717) is 13.2 Å². The van der Waals surface area contributed by atoms with Crippen LogP contribution in [0.2, 0.25) is 0 Å². The Morgan fingerprint density at radius 1 is 1.27 bits per heavy atom. The number of hydrogen-bond donors (Lipinski definition) is 0. The van der Waals surface area contributed by atoms with Gasteiger partial charge in [0.2, 0.25) is 0 Å². The topological polar surface area (TPSA) is 32.8 Å². The molecule has 0 bridgehead atoms. The molecule has 4 heteroatoms. The third-order valence-corrected chi connectivity index (χ3v) is 4.43. The molecule has 122 valence electrons. The van der Waals surface area contributed by atoms with E-state index in [1.165, 1.54) is 5.56 Å². The van der Waals surface area contributed by atoms with E-state index in [2.05, 4.69) is 45.0 Å². The Labute approximate surface area is 134 Å². The van der Waals surface area contributed by atoms with Crippen LogP contribution in [0, 0.1) is 6.92 Å². The number of ether oxygens (including phenoxy) is 1. The number of aryl methyl sites for hydroxylation is 1. The van der Waals surface area contributed by atoms with E-state index in [1.807, 2.05) is 23.6 Å². The van der Waals surface area contributed by atoms with Crippen molar-refractivity contribution in [2.45, 2.75) is 46.3 Å². The molecular formula is C18H28N2O2. The Morgan fingerprint density at radius 3 is 2.41 bits per heavy atom. The standard InChI is InChI=1S/C18H28N2O2/c1-6-19(7-2)17(21)20-12-16(22-13-18(20,4)5)15-10-8-14(3)9-11-15/h8-11,16H,6-7,12-13H2,1-5H3. The van der Waals surface area contributed by atoms with Gasteiger partial charge in [0.1, 0.15) is 6.10 Å². The van der Waals surface area contributed by atoms with Crippen molar-refractivity contribution in [1.29, 1.82) is 0 Å². The van der Waals surface area contributed by atoms with Crippen molar-refractivity contribution in [2.24, 2.45) is 0 Å². The fraction of sp³-hybridized carbons (Fsp3) is 0.611. The maximum Gasteiger partial charge on any atom is 0.320 e. The number of carbonyl (C=O) groups excluding carboxylic acids is 1. The quantitative estimate of drug-likeness (QED) is 0.854. The zero-order chi connectivity index (χ0) is 16.3. The molecule has 1 atom stereocenters. The molecule has 1 fully saturated rings. The number of rotatable bonds is 3. The maximum absolute atomic E-state index is 12.8. The molecule has 0 aliphatic carbocycles. The second-order valence-corrected chi connectivity index (χ2v) is 6.59. The zero-order valence-corrected chi connectivity index (χ0v) is 14.4. The normalized spacial score (nSPS) is 20.8. The first kappa shape index (κ1) is 16.8. The fourth-order valence-electron chi connectivity index (χ4n) is 2.83. The number of benzene rings is 1. The van der Waals surface area contributed by atoms with Crippen LogP contribution in [0.3, 0.4) is 0 Å². The highest BCUT2D eigenvalue weighted by Crippen LogP contribution is 2.31. The van der Waals surface area contributed by atoms with E-state index >= 15 is 0 Å². The fourth-order valence-corrected chi connectivity index (χ4v) is 2.83. The first-order chi connectivity index (χ1) is 10.4. The first-order valence-corrected chi connectivity index (χ1v) is 8.13. The average Bonchev–Trinajstić information content (AvgIpc) is 2.49. The molecule has 0 saturated carbocycles. The summed E-state index contributed by atoms with van der Waals surface area (Å²) in [5.74, 6) is 0. The molecule has 1 aliphatic heterocycles. The van der Waals surface area contributed by atoms with Gasteiger partial charge in [-0.25, -0.2) is 4.79 Å². The number of hydrogen-bond acceptors (Lipinski definition) is 2. The summed E-state index contributed by atoms with van der Waals surface area (Å²) in [4.78, 5) is 16.6. The number of amides is 2. The van der Waals surface area contributed by atoms with Gasteiger partial charge in [-0.15, -0.1) is 0 Å². The highest BCUT2D eigenvalue weighted by Gasteiger charge is 2.39. The molecule has 1 saturated heterocycles. The monoisotopic (exact) mass is 304 g/mol. The zero-order valence-electron chi connectivity index (χ0n) is 14.4. The summed E-state index contributed by atoms with van der Waals surface area (Å²) in [7, 11) is 0. The van der Waals surface area contributed by atoms with Crippen LogP contribution in [0.1, 0.15) is 44.9 Å². The van der Waals surface area contributed by atoms with Crippen molar-refractivity contribution >= 4 is 6.03 Å². The van der Waals surface area contributed by atoms with E-state index in [-0.39, 0.29) is 17.7 Å². The summed E-state index contributed by atoms with van der Waals surface area (Å²) >= 11 is 0. The minimum Gasteiger partial charge on any atom is -0.369 e. The number of carbonyl (C=O) groups is 1. The summed E-state index contributed by atoms with van der Waals surface area (Å²) in [6.07, 6.45) is -0.0480. The van der Waals surface area contributed by atoms with E-state index < -0.39 is 0 Å². The van der Waals surface area contributed by atoms with Crippen molar-refractivity contribution in [1.82, 2.24) is 9.80 Å². The lowest BCUT2D eigenvalue weighted by Gasteiger charge is -2.47. The smallest absolute Gasteiger partial charge is 0.320 e. The maximum atomic E-state index is 12.8. The third-order valence-electron chi connectivity index (χ3n) is 4.43. The Kier molecular flexibility index (Phi) is 5.12. The van der Waals surface area contributed by atoms with Crippen LogP contribution in [0.4, 0.5) is 4.79 Å². The van der Waals surface area contributed by atoms with Gasteiger partial charge in [-0.2, -0.15) is 0 Å². The summed E-state index contributed by atoms with van der Waals surface area (Å²) in [5, 5.41) is 0. The molecule has 0 N–H and O–H groups in total. The van der Waals surface area contributed by atoms with Gasteiger partial charge in [-0.3, -0.25) is 0 Å². The van der Waals surface area contributed by atoms with Gasteiger partial charge in [-0.1, -0.05) is 29.8 Å². The molecule has 2 rings (SSSR count). The van der Waals surface area contributed by atoms with Gasteiger partial charge in [0.15, 0.2) is 0 Å². The van der Waals surface area contributed by atoms with Crippen molar-refractivity contribution in [3.8, 4) is 0 Å². The highest BCUT2D eigenvalue weighted by atomic mass is 16.5. The molecule has 22 heavy (non-hydrogen) atoms. The molecule has 0 spiro atoms. The SMILES string of the molecule is CCN(CC)C(=O)N1CC(c2ccc(C)cc2)OCC1(C)C. The van der Waals surface area contributed by atoms with Gasteiger partial charge in [0.25, 0.3) is 0 Å². The molecule has 1 aliphatic rings. The van der Waals surface area contributed by atoms with E-state index in [4.69, 9.17) is 4.74 Å². The van der Waals surface area contributed by atoms with Crippen molar-refractivity contribution in [2.75, 3.05) is 26.2 Å². The number of urea groups is 1. The molecule has 0 radical (unpaired) electrons. The summed E-state index contributed by atoms with van der Waals surface area (Å²) < 4.78 is 6.03. The van der Waals surface area contributed by atoms with Crippen LogP contribution < -0.4 is 0 Å². The summed E-state index contributed by atoms with van der Waals surface area (Å²) in [6, 6.07) is 8.48. The Bertz CT molecular complexity index is 506. The lowest BCUT2D eigenvalue weighted by molar-refractivity contribution is -0.0848. The van der Waals surface area contributed by atoms with E-state index in [1.54, 1.807) is 0 Å². The summed E-state index contributed by atoms with van der Waals surface area (Å²) in [6.45, 7) is 12.9. The molecule has 4 nitrogen and oxygen atoms in total. The second-order valence-electron chi connectivity index (χ2n) is 6.59. The second kappa shape index (κ2) is 6.69. The minimum absolute atomic E-state index is 0.0480. The Hall–Kier alpha value is -1.55. The van der Waals surface area contributed by atoms with Crippen molar-refractivity contribution in [3.05, 3.63) is 35.4 Å². The predicted octanol–water partition coefficient (Wildman–Crippen LogP) is 3.61. The predicted molar refractivity (Wildman–Crippen MR) is 89.0 cm³/mol. The molecule has 2 amide bonds. The first-order valence-electron chi connectivity index (χ1n) is 8.13. The van der Waals surface area contributed by atoms with Gasteiger partial charge >= 0.3 is 6.03 Å². The van der Waals surface area contributed by atoms with Gasteiger partial charge in [0, 0.05) is 13.1 Å². The molecule has 1 aromatic carbocycles. The van der Waals surface area contributed by atoms with Crippen molar-refractivity contribution in [3.63, 3.8) is 0 Å². The lowest BCUT2D eigenvalue weighted by Crippen LogP contribution is -2.59. The van der Waals surface area contributed by atoms with Crippen LogP contribution in [0.15, 0.2) is 24.3 Å². The number of nitrogens with zero attached hydrogens (tertiary/aromatic N) is 2. The molecule has 0 aromatic heterocycles. The molecular weight excluding hydrogens is 276 g/mol. The highest BCUT2D eigenvalue weighted by molar-refractivity contribution is 5.75. The Balaban J connectivity index is 2.19. The van der Waals surface area contributed by atoms with Gasteiger partial charge < -0.3 is 14.5 Å². The number of morpholine rings is 1. The van der Waals surface area contributed by atoms with E-state index in [0.717, 1.165) is 18.7 Å². The van der Waals surface area contributed by atoms with E-state index in [9.17, 15) is 4.79 Å². The van der Waals surface area contributed by atoms with Crippen LogP contribution in [-0.2, 0) is 4.74 Å². The van der Waals surface area contributed by atoms with Crippen molar-refractivity contribution < 1.29 is 9.53 Å². The van der Waals surface area contributed by atoms with Gasteiger partial charge in [-0.05, 0) is 40.2 Å². The van der Waals surface area contributed by atoms with Crippen LogP contribution >= 0.6 is 0 Å². The van der Waals surface area contributed by atoms with Crippen LogP contribution in [0.5, 0.6) is 0 Å². The summed E-state index contributed by atoms with van der Waals surface area (Å²) in [5.41, 5.74) is 2.09. The Morgan fingerprint density at radius 2 is 1.86 bits per heavy atom. The van der Waals surface area contributed by atoms with Gasteiger partial charge in [0.05, 0.1) is 18.7 Å². The average molecular weight is 304 g/mol. The molecule has 1 aromatic rings. The van der Waals surface area contributed by atoms with Crippen LogP contribution in [0.25, 0.3) is 0 Å². The van der Waals surface area contributed by atoms with Crippen LogP contribution in [-0.4, -0.2) is 47.6 Å². The minimum atomic E-state index is -0.277. The molecule has 1 heterocycles. The third kappa shape index (κ3) is 3.43. The molecule has 1 unspecified atom stereocenters. The lowest BCUT2D eigenvalue weighted by atomic mass is 9.98. The largest absolute Gasteiger partial charge is 0.369 e.